The molecule has 102 valence electrons. The van der Waals surface area contributed by atoms with Gasteiger partial charge in [-0.1, -0.05) is 22.9 Å². The second-order valence-electron chi connectivity index (χ2n) is 3.39. The first-order valence-electron chi connectivity index (χ1n) is 4.90. The summed E-state index contributed by atoms with van der Waals surface area (Å²) in [5.41, 5.74) is 0.393. The molecule has 1 aromatic heterocycles. The van der Waals surface area contributed by atoms with Crippen molar-refractivity contribution in [2.24, 2.45) is 0 Å². The molecular weight excluding hydrogens is 376 g/mol. The molecule has 0 aliphatic heterocycles. The SMILES string of the molecule is COc1cc(NS(=O)(=O)c2cnc(Cl)s2)ccc1Br. The quantitative estimate of drug-likeness (QED) is 0.879. The third kappa shape index (κ3) is 3.38. The highest BCUT2D eigenvalue weighted by atomic mass is 79.9. The van der Waals surface area contributed by atoms with E-state index in [1.807, 2.05) is 0 Å². The second kappa shape index (κ2) is 5.66. The van der Waals surface area contributed by atoms with Gasteiger partial charge in [-0.2, -0.15) is 0 Å². The molecule has 0 unspecified atom stereocenters. The van der Waals surface area contributed by atoms with E-state index in [0.717, 1.165) is 15.8 Å². The van der Waals surface area contributed by atoms with Crippen molar-refractivity contribution in [3.8, 4) is 5.75 Å². The van der Waals surface area contributed by atoms with Gasteiger partial charge in [-0.15, -0.1) is 0 Å². The van der Waals surface area contributed by atoms with Gasteiger partial charge in [-0.05, 0) is 28.1 Å². The first-order valence-corrected chi connectivity index (χ1v) is 8.37. The molecule has 19 heavy (non-hydrogen) atoms. The van der Waals surface area contributed by atoms with Crippen LogP contribution in [0.3, 0.4) is 0 Å². The summed E-state index contributed by atoms with van der Waals surface area (Å²) in [5, 5.41) is 0. The molecule has 0 fully saturated rings. The van der Waals surface area contributed by atoms with Gasteiger partial charge in [0.2, 0.25) is 0 Å². The Bertz CT molecular complexity index is 703. The Morgan fingerprint density at radius 2 is 2.21 bits per heavy atom. The number of methoxy groups -OCH3 is 1. The van der Waals surface area contributed by atoms with E-state index in [2.05, 4.69) is 25.6 Å². The number of thiazole rings is 1. The maximum Gasteiger partial charge on any atom is 0.273 e. The summed E-state index contributed by atoms with van der Waals surface area (Å²) in [6.07, 6.45) is 1.21. The van der Waals surface area contributed by atoms with Gasteiger partial charge in [-0.25, -0.2) is 13.4 Å². The Morgan fingerprint density at radius 3 is 2.79 bits per heavy atom. The van der Waals surface area contributed by atoms with E-state index >= 15 is 0 Å². The van der Waals surface area contributed by atoms with E-state index in [-0.39, 0.29) is 8.68 Å². The van der Waals surface area contributed by atoms with Crippen molar-refractivity contribution in [3.05, 3.63) is 33.3 Å². The molecular formula is C10H8BrClN2O3S2. The van der Waals surface area contributed by atoms with Crippen molar-refractivity contribution < 1.29 is 13.2 Å². The number of nitrogens with zero attached hydrogens (tertiary/aromatic N) is 1. The third-order valence-corrected chi connectivity index (χ3v) is 5.74. The minimum Gasteiger partial charge on any atom is -0.495 e. The summed E-state index contributed by atoms with van der Waals surface area (Å²) >= 11 is 9.81. The normalized spacial score (nSPS) is 11.3. The van der Waals surface area contributed by atoms with Gasteiger partial charge < -0.3 is 4.74 Å². The van der Waals surface area contributed by atoms with Crippen LogP contribution in [0.2, 0.25) is 4.47 Å². The van der Waals surface area contributed by atoms with Crippen LogP contribution in [0.1, 0.15) is 0 Å². The molecule has 0 saturated carbocycles. The van der Waals surface area contributed by atoms with Gasteiger partial charge >= 0.3 is 0 Å². The third-order valence-electron chi connectivity index (χ3n) is 2.12. The number of sulfonamides is 1. The summed E-state index contributed by atoms with van der Waals surface area (Å²) in [7, 11) is -2.18. The highest BCUT2D eigenvalue weighted by Crippen LogP contribution is 2.30. The molecule has 1 aromatic carbocycles. The van der Waals surface area contributed by atoms with E-state index < -0.39 is 10.0 Å². The molecule has 1 N–H and O–H groups in total. The second-order valence-corrected chi connectivity index (χ2v) is 7.76. The van der Waals surface area contributed by atoms with Gasteiger partial charge in [0, 0.05) is 6.07 Å². The highest BCUT2D eigenvalue weighted by Gasteiger charge is 2.18. The van der Waals surface area contributed by atoms with Gasteiger partial charge in [-0.3, -0.25) is 4.72 Å². The van der Waals surface area contributed by atoms with Crippen molar-refractivity contribution >= 4 is 54.6 Å². The molecule has 2 rings (SSSR count). The molecule has 0 amide bonds. The number of hydrogen-bond acceptors (Lipinski definition) is 5. The minimum absolute atomic E-state index is 0.0550. The molecule has 1 heterocycles. The Labute approximate surface area is 127 Å². The maximum atomic E-state index is 12.0. The topological polar surface area (TPSA) is 68.3 Å². The summed E-state index contributed by atoms with van der Waals surface area (Å²) in [5.74, 6) is 0.530. The van der Waals surface area contributed by atoms with Crippen LogP contribution >= 0.6 is 38.9 Å². The molecule has 0 radical (unpaired) electrons. The van der Waals surface area contributed by atoms with Crippen LogP contribution in [0, 0.1) is 0 Å². The van der Waals surface area contributed by atoms with Crippen LogP contribution in [0.4, 0.5) is 5.69 Å². The maximum absolute atomic E-state index is 12.0. The Balaban J connectivity index is 2.30. The predicted molar refractivity (Wildman–Crippen MR) is 78.6 cm³/mol. The Hall–Kier alpha value is -0.830. The number of benzene rings is 1. The zero-order valence-corrected chi connectivity index (χ0v) is 13.5. The fourth-order valence-corrected chi connectivity index (χ4v) is 4.04. The number of ether oxygens (including phenoxy) is 1. The monoisotopic (exact) mass is 382 g/mol. The summed E-state index contributed by atoms with van der Waals surface area (Å²) in [4.78, 5) is 3.70. The predicted octanol–water partition coefficient (Wildman–Crippen LogP) is 3.37. The first kappa shape index (κ1) is 14.6. The molecule has 0 spiro atoms. The number of rotatable bonds is 4. The lowest BCUT2D eigenvalue weighted by Gasteiger charge is -2.08. The first-order chi connectivity index (χ1) is 8.92. The molecule has 9 heteroatoms. The minimum atomic E-state index is -3.68. The lowest BCUT2D eigenvalue weighted by atomic mass is 10.3. The van der Waals surface area contributed by atoms with E-state index in [4.69, 9.17) is 16.3 Å². The van der Waals surface area contributed by atoms with Crippen LogP contribution in [-0.4, -0.2) is 20.5 Å². The fourth-order valence-electron chi connectivity index (χ4n) is 1.29. The van der Waals surface area contributed by atoms with Crippen molar-refractivity contribution in [1.82, 2.24) is 4.98 Å². The number of hydrogen-bond donors (Lipinski definition) is 1. The molecule has 0 bridgehead atoms. The van der Waals surface area contributed by atoms with E-state index in [0.29, 0.717) is 11.4 Å². The van der Waals surface area contributed by atoms with Crippen molar-refractivity contribution in [2.75, 3.05) is 11.8 Å². The Kier molecular flexibility index (Phi) is 4.34. The van der Waals surface area contributed by atoms with Crippen molar-refractivity contribution in [1.29, 1.82) is 0 Å². The Morgan fingerprint density at radius 1 is 1.47 bits per heavy atom. The average Bonchev–Trinajstić information content (AvgIpc) is 2.79. The molecule has 2 aromatic rings. The van der Waals surface area contributed by atoms with Crippen LogP contribution in [0.15, 0.2) is 33.1 Å². The lowest BCUT2D eigenvalue weighted by Crippen LogP contribution is -2.11. The number of halogens is 2. The summed E-state index contributed by atoms with van der Waals surface area (Å²) in [6.45, 7) is 0. The van der Waals surface area contributed by atoms with E-state index in [1.165, 1.54) is 13.3 Å². The summed E-state index contributed by atoms with van der Waals surface area (Å²) in [6, 6.07) is 4.88. The molecule has 5 nitrogen and oxygen atoms in total. The van der Waals surface area contributed by atoms with Crippen molar-refractivity contribution in [2.45, 2.75) is 4.21 Å². The van der Waals surface area contributed by atoms with Crippen LogP contribution in [0.5, 0.6) is 5.75 Å². The largest absolute Gasteiger partial charge is 0.495 e. The van der Waals surface area contributed by atoms with Crippen LogP contribution in [-0.2, 0) is 10.0 Å². The van der Waals surface area contributed by atoms with Crippen LogP contribution in [0.25, 0.3) is 0 Å². The van der Waals surface area contributed by atoms with Crippen molar-refractivity contribution in [3.63, 3.8) is 0 Å². The standard InChI is InChI=1S/C10H8BrClN2O3S2/c1-17-8-4-6(2-3-7(8)11)14-19(15,16)9-5-13-10(12)18-9/h2-5,14H,1H3. The smallest absolute Gasteiger partial charge is 0.273 e. The zero-order valence-electron chi connectivity index (χ0n) is 9.55. The van der Waals surface area contributed by atoms with E-state index in [1.54, 1.807) is 18.2 Å². The molecule has 0 aliphatic rings. The van der Waals surface area contributed by atoms with Gasteiger partial charge in [0.25, 0.3) is 10.0 Å². The number of anilines is 1. The molecule has 0 saturated heterocycles. The van der Waals surface area contributed by atoms with Gasteiger partial charge in [0.1, 0.15) is 5.75 Å². The zero-order chi connectivity index (χ0) is 14.0. The number of nitrogens with one attached hydrogen (secondary N) is 1. The molecule has 0 aliphatic carbocycles. The number of aromatic nitrogens is 1. The lowest BCUT2D eigenvalue weighted by molar-refractivity contribution is 0.412. The average molecular weight is 384 g/mol. The van der Waals surface area contributed by atoms with Crippen LogP contribution < -0.4 is 9.46 Å². The summed E-state index contributed by atoms with van der Waals surface area (Å²) < 4.78 is 32.6. The molecule has 0 atom stereocenters. The van der Waals surface area contributed by atoms with E-state index in [9.17, 15) is 8.42 Å². The van der Waals surface area contributed by atoms with Gasteiger partial charge in [0.05, 0.1) is 23.5 Å². The fraction of sp³-hybridized carbons (Fsp3) is 0.100. The highest BCUT2D eigenvalue weighted by molar-refractivity contribution is 9.10. The van der Waals surface area contributed by atoms with Gasteiger partial charge in [0.15, 0.2) is 8.68 Å².